The highest BCUT2D eigenvalue weighted by Crippen LogP contribution is 2.26. The number of aromatic nitrogens is 1. The average Bonchev–Trinajstić information content (AvgIpc) is 2.44. The molecular weight excluding hydrogens is 216 g/mol. The quantitative estimate of drug-likeness (QED) is 0.729. The molecule has 1 aromatic carbocycles. The molecule has 0 bridgehead atoms. The van der Waals surface area contributed by atoms with Crippen LogP contribution in [-0.2, 0) is 0 Å². The van der Waals surface area contributed by atoms with Gasteiger partial charge in [0.2, 0.25) is 0 Å². The predicted octanol–water partition coefficient (Wildman–Crippen LogP) is 2.80. The summed E-state index contributed by atoms with van der Waals surface area (Å²) in [6.45, 7) is 0. The van der Waals surface area contributed by atoms with Crippen molar-refractivity contribution in [1.29, 1.82) is 5.26 Å². The molecule has 0 amide bonds. The van der Waals surface area contributed by atoms with Crippen LogP contribution in [0.15, 0.2) is 28.7 Å². The van der Waals surface area contributed by atoms with Crippen LogP contribution in [0.25, 0.3) is 10.9 Å². The normalized spacial score (nSPS) is 10.0. The van der Waals surface area contributed by atoms with E-state index in [1.54, 1.807) is 0 Å². The molecule has 1 heterocycles. The Kier molecular flexibility index (Phi) is 1.63. The van der Waals surface area contributed by atoms with Crippen LogP contribution in [0.4, 0.5) is 0 Å². The van der Waals surface area contributed by atoms with Gasteiger partial charge in [-0.05, 0) is 22.0 Å². The number of nitrogens with zero attached hydrogens (tertiary/aromatic N) is 1. The molecule has 2 aromatic rings. The fourth-order valence-corrected chi connectivity index (χ4v) is 1.72. The molecule has 58 valence electrons. The van der Waals surface area contributed by atoms with Crippen molar-refractivity contribution in [3.63, 3.8) is 0 Å². The number of H-pyrrole nitrogens is 1. The highest BCUT2D eigenvalue weighted by atomic mass is 79.9. The minimum Gasteiger partial charge on any atom is -0.345 e. The number of hydrogen-bond donors (Lipinski definition) is 1. The van der Waals surface area contributed by atoms with Gasteiger partial charge < -0.3 is 4.98 Å². The van der Waals surface area contributed by atoms with Crippen LogP contribution in [0.5, 0.6) is 0 Å². The summed E-state index contributed by atoms with van der Waals surface area (Å²) in [5.41, 5.74) is 1.57. The number of fused-ring (bicyclic) bond motifs is 1. The van der Waals surface area contributed by atoms with Crippen LogP contribution in [0.2, 0.25) is 0 Å². The first-order valence-corrected chi connectivity index (χ1v) is 4.28. The lowest BCUT2D eigenvalue weighted by atomic mass is 10.2. The summed E-state index contributed by atoms with van der Waals surface area (Å²) < 4.78 is 0.848. The largest absolute Gasteiger partial charge is 0.345 e. The Labute approximate surface area is 77.9 Å². The van der Waals surface area contributed by atoms with E-state index >= 15 is 0 Å². The minimum atomic E-state index is 0.580. The molecule has 2 nitrogen and oxygen atoms in total. The number of nitrogens with one attached hydrogen (secondary N) is 1. The lowest BCUT2D eigenvalue weighted by Gasteiger charge is -1.85. The molecule has 0 saturated carbocycles. The van der Waals surface area contributed by atoms with Gasteiger partial charge in [-0.15, -0.1) is 0 Å². The van der Waals surface area contributed by atoms with Crippen LogP contribution in [-0.4, -0.2) is 4.98 Å². The zero-order chi connectivity index (χ0) is 8.55. The SMILES string of the molecule is N#Cc1[nH]c2ccccc2c1Br. The zero-order valence-corrected chi connectivity index (χ0v) is 7.72. The van der Waals surface area contributed by atoms with E-state index in [4.69, 9.17) is 5.26 Å². The van der Waals surface area contributed by atoms with Gasteiger partial charge in [0.05, 0.1) is 4.47 Å². The summed E-state index contributed by atoms with van der Waals surface area (Å²) in [5.74, 6) is 0. The van der Waals surface area contributed by atoms with E-state index in [2.05, 4.69) is 27.0 Å². The zero-order valence-electron chi connectivity index (χ0n) is 6.13. The monoisotopic (exact) mass is 220 g/mol. The summed E-state index contributed by atoms with van der Waals surface area (Å²) in [7, 11) is 0. The number of halogens is 1. The summed E-state index contributed by atoms with van der Waals surface area (Å²) in [5, 5.41) is 9.76. The maximum absolute atomic E-state index is 8.71. The average molecular weight is 221 g/mol. The van der Waals surface area contributed by atoms with Gasteiger partial charge >= 0.3 is 0 Å². The molecule has 1 N–H and O–H groups in total. The van der Waals surface area contributed by atoms with Crippen LogP contribution in [0, 0.1) is 11.3 Å². The number of nitriles is 1. The number of hydrogen-bond acceptors (Lipinski definition) is 1. The lowest BCUT2D eigenvalue weighted by Crippen LogP contribution is -1.69. The van der Waals surface area contributed by atoms with E-state index in [9.17, 15) is 0 Å². The van der Waals surface area contributed by atoms with Crippen LogP contribution >= 0.6 is 15.9 Å². The van der Waals surface area contributed by atoms with Crippen molar-refractivity contribution in [1.82, 2.24) is 4.98 Å². The van der Waals surface area contributed by atoms with Crippen molar-refractivity contribution in [3.8, 4) is 6.07 Å². The molecule has 2 rings (SSSR count). The molecule has 0 aliphatic carbocycles. The molecule has 12 heavy (non-hydrogen) atoms. The smallest absolute Gasteiger partial charge is 0.133 e. The molecule has 1 aromatic heterocycles. The van der Waals surface area contributed by atoms with Crippen molar-refractivity contribution < 1.29 is 0 Å². The molecule has 0 atom stereocenters. The minimum absolute atomic E-state index is 0.580. The molecule has 0 fully saturated rings. The Bertz CT molecular complexity index is 465. The van der Waals surface area contributed by atoms with E-state index in [0.29, 0.717) is 5.69 Å². The van der Waals surface area contributed by atoms with Crippen molar-refractivity contribution in [2.75, 3.05) is 0 Å². The molecule has 0 aliphatic heterocycles. The Hall–Kier alpha value is -1.27. The fourth-order valence-electron chi connectivity index (χ4n) is 1.18. The van der Waals surface area contributed by atoms with Crippen LogP contribution in [0.1, 0.15) is 5.69 Å². The van der Waals surface area contributed by atoms with Crippen molar-refractivity contribution >= 4 is 26.8 Å². The third-order valence-corrected chi connectivity index (χ3v) is 2.58. The molecule has 0 radical (unpaired) electrons. The molecule has 0 unspecified atom stereocenters. The first-order valence-electron chi connectivity index (χ1n) is 3.49. The first-order chi connectivity index (χ1) is 5.83. The van der Waals surface area contributed by atoms with Crippen LogP contribution < -0.4 is 0 Å². The highest BCUT2D eigenvalue weighted by molar-refractivity contribution is 9.10. The van der Waals surface area contributed by atoms with Gasteiger partial charge in [0.1, 0.15) is 11.8 Å². The molecular formula is C9H5BrN2. The third-order valence-electron chi connectivity index (χ3n) is 1.75. The van der Waals surface area contributed by atoms with Gasteiger partial charge in [0, 0.05) is 10.9 Å². The molecule has 3 heteroatoms. The van der Waals surface area contributed by atoms with Gasteiger partial charge in [-0.3, -0.25) is 0 Å². The number of benzene rings is 1. The Morgan fingerprint density at radius 1 is 1.33 bits per heavy atom. The van der Waals surface area contributed by atoms with E-state index in [0.717, 1.165) is 15.4 Å². The Balaban J connectivity index is 2.90. The number of rotatable bonds is 0. The van der Waals surface area contributed by atoms with E-state index in [-0.39, 0.29) is 0 Å². The first kappa shape index (κ1) is 7.38. The summed E-state index contributed by atoms with van der Waals surface area (Å²) >= 11 is 3.36. The van der Waals surface area contributed by atoms with E-state index in [1.165, 1.54) is 0 Å². The number of para-hydroxylation sites is 1. The third kappa shape index (κ3) is 0.926. The van der Waals surface area contributed by atoms with Gasteiger partial charge in [0.25, 0.3) is 0 Å². The van der Waals surface area contributed by atoms with Crippen LogP contribution in [0.3, 0.4) is 0 Å². The molecule has 0 saturated heterocycles. The maximum atomic E-state index is 8.71. The summed E-state index contributed by atoms with van der Waals surface area (Å²) in [4.78, 5) is 3.01. The van der Waals surface area contributed by atoms with E-state index in [1.807, 2.05) is 24.3 Å². The van der Waals surface area contributed by atoms with Gasteiger partial charge in [0.15, 0.2) is 0 Å². The summed E-state index contributed by atoms with van der Waals surface area (Å²) in [6.07, 6.45) is 0. The van der Waals surface area contributed by atoms with Gasteiger partial charge in [-0.2, -0.15) is 5.26 Å². The predicted molar refractivity (Wildman–Crippen MR) is 50.7 cm³/mol. The second kappa shape index (κ2) is 2.65. The molecule has 0 spiro atoms. The van der Waals surface area contributed by atoms with E-state index < -0.39 is 0 Å². The molecule has 0 aliphatic rings. The Morgan fingerprint density at radius 3 is 2.75 bits per heavy atom. The van der Waals surface area contributed by atoms with Gasteiger partial charge in [-0.25, -0.2) is 0 Å². The lowest BCUT2D eigenvalue weighted by molar-refractivity contribution is 1.36. The fraction of sp³-hybridized carbons (Fsp3) is 0. The number of aromatic amines is 1. The standard InChI is InChI=1S/C9H5BrN2/c10-9-6-3-1-2-4-7(6)12-8(9)5-11/h1-4,12H. The van der Waals surface area contributed by atoms with Gasteiger partial charge in [-0.1, -0.05) is 18.2 Å². The Morgan fingerprint density at radius 2 is 2.08 bits per heavy atom. The topological polar surface area (TPSA) is 39.6 Å². The van der Waals surface area contributed by atoms with Crippen molar-refractivity contribution in [3.05, 3.63) is 34.4 Å². The second-order valence-electron chi connectivity index (χ2n) is 2.47. The second-order valence-corrected chi connectivity index (χ2v) is 3.26. The highest BCUT2D eigenvalue weighted by Gasteiger charge is 2.06. The maximum Gasteiger partial charge on any atom is 0.133 e. The van der Waals surface area contributed by atoms with Crippen molar-refractivity contribution in [2.24, 2.45) is 0 Å². The summed E-state index contributed by atoms with van der Waals surface area (Å²) in [6, 6.07) is 9.88. The van der Waals surface area contributed by atoms with Crippen molar-refractivity contribution in [2.45, 2.75) is 0 Å².